The zero-order valence-electron chi connectivity index (χ0n) is 15.0. The number of carbonyl (C=O) groups is 1. The molecule has 7 heteroatoms. The van der Waals surface area contributed by atoms with E-state index in [2.05, 4.69) is 15.5 Å². The van der Waals surface area contributed by atoms with Gasteiger partial charge in [-0.1, -0.05) is 38.8 Å². The fourth-order valence-electron chi connectivity index (χ4n) is 3.02. The molecule has 24 heavy (non-hydrogen) atoms. The molecular formula is C17H31ClN4O2. The second-order valence-electron chi connectivity index (χ2n) is 7.57. The van der Waals surface area contributed by atoms with Gasteiger partial charge in [-0.15, -0.1) is 12.4 Å². The van der Waals surface area contributed by atoms with Gasteiger partial charge in [0.25, 0.3) is 0 Å². The monoisotopic (exact) mass is 358 g/mol. The lowest BCUT2D eigenvalue weighted by molar-refractivity contribution is -0.122. The van der Waals surface area contributed by atoms with Crippen LogP contribution >= 0.6 is 12.4 Å². The first-order chi connectivity index (χ1) is 10.9. The summed E-state index contributed by atoms with van der Waals surface area (Å²) in [4.78, 5) is 16.5. The van der Waals surface area contributed by atoms with Crippen LogP contribution in [0.1, 0.15) is 71.0 Å². The van der Waals surface area contributed by atoms with Crippen LogP contribution in [-0.4, -0.2) is 28.6 Å². The Kier molecular flexibility index (Phi) is 8.16. The first-order valence-corrected chi connectivity index (χ1v) is 8.72. The molecule has 1 aliphatic rings. The summed E-state index contributed by atoms with van der Waals surface area (Å²) in [6.07, 6.45) is 6.42. The minimum absolute atomic E-state index is 0. The molecule has 1 aromatic heterocycles. The SMILES string of the molecule is CC(C)(C)c1noc(CCCC(=O)NC2CCCCC2CN)n1.Cl. The molecule has 2 unspecified atom stereocenters. The topological polar surface area (TPSA) is 94.0 Å². The lowest BCUT2D eigenvalue weighted by Crippen LogP contribution is -2.44. The van der Waals surface area contributed by atoms with Crippen molar-refractivity contribution in [3.63, 3.8) is 0 Å². The summed E-state index contributed by atoms with van der Waals surface area (Å²) in [5, 5.41) is 7.15. The number of nitrogens with two attached hydrogens (primary N) is 1. The average Bonchev–Trinajstić information content (AvgIpc) is 2.97. The van der Waals surface area contributed by atoms with Crippen molar-refractivity contribution in [2.24, 2.45) is 11.7 Å². The number of hydrogen-bond donors (Lipinski definition) is 2. The smallest absolute Gasteiger partial charge is 0.226 e. The van der Waals surface area contributed by atoms with Gasteiger partial charge in [0.2, 0.25) is 11.8 Å². The van der Waals surface area contributed by atoms with Crippen LogP contribution in [0.25, 0.3) is 0 Å². The van der Waals surface area contributed by atoms with Crippen LogP contribution in [0.2, 0.25) is 0 Å². The maximum absolute atomic E-state index is 12.1. The maximum atomic E-state index is 12.1. The van der Waals surface area contributed by atoms with E-state index in [1.165, 1.54) is 12.8 Å². The standard InChI is InChI=1S/C17H30N4O2.ClH/c1-17(2,3)16-20-15(23-21-16)10-6-9-14(22)19-13-8-5-4-7-12(13)11-18;/h12-13H,4-11,18H2,1-3H3,(H,19,22);1H. The van der Waals surface area contributed by atoms with Crippen LogP contribution in [-0.2, 0) is 16.6 Å². The van der Waals surface area contributed by atoms with Crippen molar-refractivity contribution in [2.45, 2.75) is 77.2 Å². The summed E-state index contributed by atoms with van der Waals surface area (Å²) < 4.78 is 5.25. The quantitative estimate of drug-likeness (QED) is 0.815. The van der Waals surface area contributed by atoms with Crippen molar-refractivity contribution in [3.8, 4) is 0 Å². The molecule has 6 nitrogen and oxygen atoms in total. The van der Waals surface area contributed by atoms with Gasteiger partial charge < -0.3 is 15.6 Å². The highest BCUT2D eigenvalue weighted by atomic mass is 35.5. The van der Waals surface area contributed by atoms with E-state index >= 15 is 0 Å². The maximum Gasteiger partial charge on any atom is 0.226 e. The molecule has 0 spiro atoms. The number of aromatic nitrogens is 2. The van der Waals surface area contributed by atoms with Gasteiger partial charge in [-0.05, 0) is 31.7 Å². The zero-order chi connectivity index (χ0) is 16.9. The highest BCUT2D eigenvalue weighted by Crippen LogP contribution is 2.23. The third kappa shape index (κ3) is 6.06. The van der Waals surface area contributed by atoms with Gasteiger partial charge >= 0.3 is 0 Å². The molecule has 138 valence electrons. The molecule has 0 bridgehead atoms. The van der Waals surface area contributed by atoms with Crippen molar-refractivity contribution >= 4 is 18.3 Å². The zero-order valence-corrected chi connectivity index (χ0v) is 15.8. The van der Waals surface area contributed by atoms with Crippen molar-refractivity contribution in [1.82, 2.24) is 15.5 Å². The Hall–Kier alpha value is -1.14. The Bertz CT molecular complexity index is 513. The van der Waals surface area contributed by atoms with Gasteiger partial charge in [-0.2, -0.15) is 4.98 Å². The number of nitrogens with one attached hydrogen (secondary N) is 1. The fourth-order valence-corrected chi connectivity index (χ4v) is 3.02. The average molecular weight is 359 g/mol. The number of amides is 1. The van der Waals surface area contributed by atoms with Crippen molar-refractivity contribution in [3.05, 3.63) is 11.7 Å². The molecular weight excluding hydrogens is 328 g/mol. The Morgan fingerprint density at radius 1 is 1.33 bits per heavy atom. The number of hydrogen-bond acceptors (Lipinski definition) is 5. The largest absolute Gasteiger partial charge is 0.353 e. The van der Waals surface area contributed by atoms with E-state index in [1.807, 2.05) is 20.8 Å². The van der Waals surface area contributed by atoms with Crippen molar-refractivity contribution < 1.29 is 9.32 Å². The van der Waals surface area contributed by atoms with Crippen LogP contribution in [0.4, 0.5) is 0 Å². The van der Waals surface area contributed by atoms with E-state index in [0.717, 1.165) is 19.3 Å². The lowest BCUT2D eigenvalue weighted by atomic mass is 9.84. The van der Waals surface area contributed by atoms with Gasteiger partial charge in [-0.3, -0.25) is 4.79 Å². The van der Waals surface area contributed by atoms with Gasteiger partial charge in [0.05, 0.1) is 0 Å². The molecule has 1 aliphatic carbocycles. The lowest BCUT2D eigenvalue weighted by Gasteiger charge is -2.31. The normalized spacial score (nSPS) is 21.2. The molecule has 1 aromatic rings. The van der Waals surface area contributed by atoms with Crippen molar-refractivity contribution in [1.29, 1.82) is 0 Å². The summed E-state index contributed by atoms with van der Waals surface area (Å²) >= 11 is 0. The van der Waals surface area contributed by atoms with E-state index in [1.54, 1.807) is 0 Å². The second kappa shape index (κ2) is 9.37. The van der Waals surface area contributed by atoms with Gasteiger partial charge in [0.1, 0.15) is 0 Å². The molecule has 1 amide bonds. The summed E-state index contributed by atoms with van der Waals surface area (Å²) in [5.74, 6) is 1.86. The Morgan fingerprint density at radius 2 is 2.04 bits per heavy atom. The van der Waals surface area contributed by atoms with E-state index in [9.17, 15) is 4.79 Å². The molecule has 0 aromatic carbocycles. The summed E-state index contributed by atoms with van der Waals surface area (Å²) in [7, 11) is 0. The number of carbonyl (C=O) groups excluding carboxylic acids is 1. The van der Waals surface area contributed by atoms with Gasteiger partial charge in [0, 0.05) is 24.3 Å². The van der Waals surface area contributed by atoms with E-state index < -0.39 is 0 Å². The van der Waals surface area contributed by atoms with Gasteiger partial charge in [0.15, 0.2) is 5.82 Å². The van der Waals surface area contributed by atoms with Crippen LogP contribution in [0.5, 0.6) is 0 Å². The molecule has 2 rings (SSSR count). The second-order valence-corrected chi connectivity index (χ2v) is 7.57. The Labute approximate surface area is 150 Å². The molecule has 1 fully saturated rings. The molecule has 3 N–H and O–H groups in total. The minimum Gasteiger partial charge on any atom is -0.353 e. The predicted molar refractivity (Wildman–Crippen MR) is 96.1 cm³/mol. The van der Waals surface area contributed by atoms with E-state index in [0.29, 0.717) is 37.0 Å². The molecule has 2 atom stereocenters. The Morgan fingerprint density at radius 3 is 2.67 bits per heavy atom. The number of nitrogens with zero attached hydrogens (tertiary/aromatic N) is 2. The minimum atomic E-state index is -0.114. The first kappa shape index (κ1) is 20.9. The number of aryl methyl sites for hydroxylation is 1. The number of rotatable bonds is 6. The molecule has 0 aliphatic heterocycles. The highest BCUT2D eigenvalue weighted by molar-refractivity contribution is 5.85. The summed E-state index contributed by atoms with van der Waals surface area (Å²) in [6.45, 7) is 6.80. The van der Waals surface area contributed by atoms with Gasteiger partial charge in [-0.25, -0.2) is 0 Å². The third-order valence-electron chi connectivity index (χ3n) is 4.49. The fraction of sp³-hybridized carbons (Fsp3) is 0.824. The third-order valence-corrected chi connectivity index (χ3v) is 4.49. The molecule has 0 radical (unpaired) electrons. The summed E-state index contributed by atoms with van der Waals surface area (Å²) in [5.41, 5.74) is 5.69. The Balaban J connectivity index is 0.00000288. The van der Waals surface area contributed by atoms with Crippen LogP contribution < -0.4 is 11.1 Å². The van der Waals surface area contributed by atoms with Crippen LogP contribution in [0, 0.1) is 5.92 Å². The molecule has 1 saturated carbocycles. The van der Waals surface area contributed by atoms with Crippen LogP contribution in [0.15, 0.2) is 4.52 Å². The first-order valence-electron chi connectivity index (χ1n) is 8.72. The number of halogens is 1. The van der Waals surface area contributed by atoms with E-state index in [4.69, 9.17) is 10.3 Å². The predicted octanol–water partition coefficient (Wildman–Crippen LogP) is 2.75. The molecule has 0 saturated heterocycles. The van der Waals surface area contributed by atoms with E-state index in [-0.39, 0.29) is 29.8 Å². The summed E-state index contributed by atoms with van der Waals surface area (Å²) in [6, 6.07) is 0.247. The van der Waals surface area contributed by atoms with Crippen molar-refractivity contribution in [2.75, 3.05) is 6.54 Å². The van der Waals surface area contributed by atoms with Crippen LogP contribution in [0.3, 0.4) is 0 Å². The molecule has 1 heterocycles. The highest BCUT2D eigenvalue weighted by Gasteiger charge is 2.25.